The van der Waals surface area contributed by atoms with Crippen molar-refractivity contribution in [3.63, 3.8) is 0 Å². The quantitative estimate of drug-likeness (QED) is 0.725. The van der Waals surface area contributed by atoms with Crippen molar-refractivity contribution in [2.45, 2.75) is 39.2 Å². The molecule has 1 aromatic carbocycles. The van der Waals surface area contributed by atoms with Crippen LogP contribution in [0.4, 0.5) is 0 Å². The third-order valence-corrected chi connectivity index (χ3v) is 3.35. The zero-order valence-electron chi connectivity index (χ0n) is 13.0. The molecular formula is C16H22N4O2. The van der Waals surface area contributed by atoms with E-state index in [0.29, 0.717) is 19.4 Å². The lowest BCUT2D eigenvalue weighted by Gasteiger charge is -2.13. The summed E-state index contributed by atoms with van der Waals surface area (Å²) < 4.78 is 0. The number of nitrogens with one attached hydrogen (secondary N) is 3. The van der Waals surface area contributed by atoms with Crippen LogP contribution in [0.1, 0.15) is 32.5 Å². The van der Waals surface area contributed by atoms with Gasteiger partial charge in [-0.1, -0.05) is 19.1 Å². The maximum Gasteiger partial charge on any atom is 0.242 e. The van der Waals surface area contributed by atoms with Crippen LogP contribution in [-0.4, -0.2) is 34.4 Å². The number of imidazole rings is 1. The van der Waals surface area contributed by atoms with Crippen LogP contribution in [0.2, 0.25) is 0 Å². The number of aryl methyl sites for hydroxylation is 1. The van der Waals surface area contributed by atoms with Gasteiger partial charge in [-0.05, 0) is 25.5 Å². The summed E-state index contributed by atoms with van der Waals surface area (Å²) in [4.78, 5) is 31.2. The fourth-order valence-electron chi connectivity index (χ4n) is 2.14. The first kappa shape index (κ1) is 16.0. The lowest BCUT2D eigenvalue weighted by Crippen LogP contribution is -2.45. The number of benzene rings is 1. The number of carbonyl (C=O) groups is 2. The van der Waals surface area contributed by atoms with Crippen LogP contribution in [0.25, 0.3) is 11.0 Å². The summed E-state index contributed by atoms with van der Waals surface area (Å²) in [6.45, 7) is 4.29. The lowest BCUT2D eigenvalue weighted by molar-refractivity contribution is -0.128. The van der Waals surface area contributed by atoms with Gasteiger partial charge in [0.25, 0.3) is 0 Å². The van der Waals surface area contributed by atoms with Gasteiger partial charge in [-0.25, -0.2) is 4.98 Å². The number of nitrogens with zero attached hydrogens (tertiary/aromatic N) is 1. The summed E-state index contributed by atoms with van der Waals surface area (Å²) in [5.41, 5.74) is 1.86. The molecule has 0 spiro atoms. The number of amides is 2. The molecule has 0 bridgehead atoms. The monoisotopic (exact) mass is 302 g/mol. The summed E-state index contributed by atoms with van der Waals surface area (Å²) >= 11 is 0. The molecule has 0 aliphatic heterocycles. The van der Waals surface area contributed by atoms with Crippen LogP contribution in [0.3, 0.4) is 0 Å². The Kier molecular flexibility index (Phi) is 5.52. The second kappa shape index (κ2) is 7.59. The van der Waals surface area contributed by atoms with Crippen molar-refractivity contribution < 1.29 is 9.59 Å². The third kappa shape index (κ3) is 4.31. The number of fused-ring (bicyclic) bond motifs is 1. The van der Waals surface area contributed by atoms with Crippen molar-refractivity contribution in [3.05, 3.63) is 30.1 Å². The maximum atomic E-state index is 11.9. The average molecular weight is 302 g/mol. The molecule has 0 saturated carbocycles. The average Bonchev–Trinajstić information content (AvgIpc) is 2.93. The first-order valence-corrected chi connectivity index (χ1v) is 7.61. The lowest BCUT2D eigenvalue weighted by atomic mass is 10.2. The second-order valence-electron chi connectivity index (χ2n) is 5.28. The molecule has 6 heteroatoms. The molecule has 0 aliphatic rings. The molecule has 0 saturated heterocycles. The Morgan fingerprint density at radius 3 is 2.82 bits per heavy atom. The van der Waals surface area contributed by atoms with Gasteiger partial charge in [-0.3, -0.25) is 9.59 Å². The smallest absolute Gasteiger partial charge is 0.242 e. The summed E-state index contributed by atoms with van der Waals surface area (Å²) in [5.74, 6) is 0.470. The largest absolute Gasteiger partial charge is 0.354 e. The maximum absolute atomic E-state index is 11.9. The topological polar surface area (TPSA) is 86.9 Å². The number of aromatic amines is 1. The first-order valence-electron chi connectivity index (χ1n) is 7.61. The Labute approximate surface area is 129 Å². The van der Waals surface area contributed by atoms with E-state index in [1.807, 2.05) is 31.2 Å². The SMILES string of the molecule is CCCNC(=O)[C@@H](C)NC(=O)CCc1nc2ccccc2[nH]1. The third-order valence-electron chi connectivity index (χ3n) is 3.35. The van der Waals surface area contributed by atoms with Gasteiger partial charge in [0.2, 0.25) is 11.8 Å². The number of rotatable bonds is 7. The van der Waals surface area contributed by atoms with Crippen molar-refractivity contribution in [1.29, 1.82) is 0 Å². The first-order chi connectivity index (χ1) is 10.6. The number of para-hydroxylation sites is 2. The van der Waals surface area contributed by atoms with Gasteiger partial charge in [0, 0.05) is 19.4 Å². The Hall–Kier alpha value is -2.37. The highest BCUT2D eigenvalue weighted by molar-refractivity contribution is 5.87. The Morgan fingerprint density at radius 1 is 1.32 bits per heavy atom. The van der Waals surface area contributed by atoms with E-state index in [-0.39, 0.29) is 11.8 Å². The zero-order chi connectivity index (χ0) is 15.9. The minimum absolute atomic E-state index is 0.153. The van der Waals surface area contributed by atoms with Gasteiger partial charge >= 0.3 is 0 Å². The van der Waals surface area contributed by atoms with E-state index < -0.39 is 6.04 Å². The predicted molar refractivity (Wildman–Crippen MR) is 85.3 cm³/mol. The standard InChI is InChI=1S/C16H22N4O2/c1-3-10-17-16(22)11(2)18-15(21)9-8-14-19-12-6-4-5-7-13(12)20-14/h4-7,11H,3,8-10H2,1-2H3,(H,17,22)(H,18,21)(H,19,20)/t11-/m1/s1. The molecule has 118 valence electrons. The van der Waals surface area contributed by atoms with Crippen LogP contribution in [0, 0.1) is 0 Å². The summed E-state index contributed by atoms with van der Waals surface area (Å²) in [5, 5.41) is 5.46. The van der Waals surface area contributed by atoms with Gasteiger partial charge in [0.15, 0.2) is 0 Å². The number of H-pyrrole nitrogens is 1. The van der Waals surface area contributed by atoms with Crippen LogP contribution in [0.5, 0.6) is 0 Å². The molecule has 1 atom stereocenters. The number of carbonyl (C=O) groups excluding carboxylic acids is 2. The highest BCUT2D eigenvalue weighted by Crippen LogP contribution is 2.11. The Morgan fingerprint density at radius 2 is 2.09 bits per heavy atom. The fourth-order valence-corrected chi connectivity index (χ4v) is 2.14. The zero-order valence-corrected chi connectivity index (χ0v) is 13.0. The van der Waals surface area contributed by atoms with E-state index in [2.05, 4.69) is 20.6 Å². The van der Waals surface area contributed by atoms with Crippen LogP contribution in [-0.2, 0) is 16.0 Å². The summed E-state index contributed by atoms with van der Waals surface area (Å²) in [7, 11) is 0. The van der Waals surface area contributed by atoms with E-state index in [1.54, 1.807) is 6.92 Å². The molecule has 1 aromatic heterocycles. The van der Waals surface area contributed by atoms with Crippen molar-refractivity contribution in [2.75, 3.05) is 6.54 Å². The van der Waals surface area contributed by atoms with E-state index in [4.69, 9.17) is 0 Å². The van der Waals surface area contributed by atoms with Gasteiger partial charge in [-0.2, -0.15) is 0 Å². The summed E-state index contributed by atoms with van der Waals surface area (Å²) in [6, 6.07) is 7.22. The molecule has 22 heavy (non-hydrogen) atoms. The predicted octanol–water partition coefficient (Wildman–Crippen LogP) is 1.53. The number of hydrogen-bond donors (Lipinski definition) is 3. The van der Waals surface area contributed by atoms with Crippen molar-refractivity contribution in [3.8, 4) is 0 Å². The molecule has 0 fully saturated rings. The van der Waals surface area contributed by atoms with Crippen LogP contribution < -0.4 is 10.6 Å². The Balaban J connectivity index is 1.81. The molecule has 2 rings (SSSR count). The van der Waals surface area contributed by atoms with Gasteiger partial charge in [0.1, 0.15) is 11.9 Å². The van der Waals surface area contributed by atoms with E-state index in [0.717, 1.165) is 23.3 Å². The van der Waals surface area contributed by atoms with Crippen molar-refractivity contribution in [2.24, 2.45) is 0 Å². The van der Waals surface area contributed by atoms with Gasteiger partial charge in [-0.15, -0.1) is 0 Å². The summed E-state index contributed by atoms with van der Waals surface area (Å²) in [6.07, 6.45) is 1.69. The molecule has 0 radical (unpaired) electrons. The molecule has 2 amide bonds. The van der Waals surface area contributed by atoms with E-state index in [9.17, 15) is 9.59 Å². The van der Waals surface area contributed by atoms with Crippen LogP contribution in [0.15, 0.2) is 24.3 Å². The second-order valence-corrected chi connectivity index (χ2v) is 5.28. The number of aromatic nitrogens is 2. The molecule has 0 aliphatic carbocycles. The molecule has 6 nitrogen and oxygen atoms in total. The number of hydrogen-bond acceptors (Lipinski definition) is 3. The van der Waals surface area contributed by atoms with Crippen molar-refractivity contribution >= 4 is 22.8 Å². The van der Waals surface area contributed by atoms with Gasteiger partial charge in [0.05, 0.1) is 11.0 Å². The highest BCUT2D eigenvalue weighted by atomic mass is 16.2. The Bertz CT molecular complexity index is 617. The molecule has 3 N–H and O–H groups in total. The molecule has 2 aromatic rings. The molecule has 1 heterocycles. The molecule has 0 unspecified atom stereocenters. The van der Waals surface area contributed by atoms with E-state index in [1.165, 1.54) is 0 Å². The highest BCUT2D eigenvalue weighted by Gasteiger charge is 2.15. The minimum atomic E-state index is -0.519. The normalized spacial score (nSPS) is 12.1. The van der Waals surface area contributed by atoms with Gasteiger partial charge < -0.3 is 15.6 Å². The molecular weight excluding hydrogens is 280 g/mol. The van der Waals surface area contributed by atoms with Crippen LogP contribution >= 0.6 is 0 Å². The van der Waals surface area contributed by atoms with Crippen molar-refractivity contribution in [1.82, 2.24) is 20.6 Å². The fraction of sp³-hybridized carbons (Fsp3) is 0.438. The van der Waals surface area contributed by atoms with E-state index >= 15 is 0 Å². The minimum Gasteiger partial charge on any atom is -0.354 e.